The molecular formula is C13H12F3N7. The van der Waals surface area contributed by atoms with Gasteiger partial charge in [0, 0.05) is 24.5 Å². The summed E-state index contributed by atoms with van der Waals surface area (Å²) in [5.41, 5.74) is 7.08. The lowest BCUT2D eigenvalue weighted by atomic mass is 10.2. The molecule has 0 amide bonds. The van der Waals surface area contributed by atoms with Crippen LogP contribution in [0.4, 0.5) is 19.0 Å². The third-order valence-electron chi connectivity index (χ3n) is 3.17. The summed E-state index contributed by atoms with van der Waals surface area (Å²) < 4.78 is 39.3. The maximum atomic E-state index is 12.6. The number of hydrogen-bond acceptors (Lipinski definition) is 6. The van der Waals surface area contributed by atoms with Crippen molar-refractivity contribution in [2.24, 2.45) is 0 Å². The van der Waals surface area contributed by atoms with E-state index in [2.05, 4.69) is 25.0 Å². The first kappa shape index (κ1) is 15.1. The molecule has 0 spiro atoms. The maximum Gasteiger partial charge on any atom is 0.451 e. The Balaban J connectivity index is 2.16. The highest BCUT2D eigenvalue weighted by Gasteiger charge is 2.34. The van der Waals surface area contributed by atoms with E-state index in [4.69, 9.17) is 5.73 Å². The predicted molar refractivity (Wildman–Crippen MR) is 76.1 cm³/mol. The second kappa shape index (κ2) is 5.45. The first-order valence-electron chi connectivity index (χ1n) is 6.78. The molecule has 0 radical (unpaired) electrons. The van der Waals surface area contributed by atoms with Gasteiger partial charge in [-0.05, 0) is 6.42 Å². The summed E-state index contributed by atoms with van der Waals surface area (Å²) in [6.45, 7) is 2.56. The second-order valence-electron chi connectivity index (χ2n) is 4.82. The van der Waals surface area contributed by atoms with Crippen molar-refractivity contribution in [2.45, 2.75) is 26.1 Å². The van der Waals surface area contributed by atoms with Crippen LogP contribution < -0.4 is 5.73 Å². The van der Waals surface area contributed by atoms with E-state index >= 15 is 0 Å². The average Bonchev–Trinajstić information content (AvgIpc) is 2.87. The first-order chi connectivity index (χ1) is 10.9. The largest absolute Gasteiger partial charge is 0.451 e. The molecule has 7 nitrogen and oxygen atoms in total. The monoisotopic (exact) mass is 323 g/mol. The molecule has 0 fully saturated rings. The molecule has 0 saturated heterocycles. The van der Waals surface area contributed by atoms with Crippen LogP contribution in [-0.2, 0) is 12.7 Å². The minimum absolute atomic E-state index is 0.201. The molecule has 0 aliphatic carbocycles. The summed E-state index contributed by atoms with van der Waals surface area (Å²) in [7, 11) is 0. The Labute approximate surface area is 128 Å². The highest BCUT2D eigenvalue weighted by Crippen LogP contribution is 2.31. The highest BCUT2D eigenvalue weighted by molar-refractivity contribution is 5.97. The zero-order valence-electron chi connectivity index (χ0n) is 12.0. The Hall–Kier alpha value is -2.78. The molecule has 120 valence electrons. The molecule has 0 saturated carbocycles. The lowest BCUT2D eigenvalue weighted by Gasteiger charge is -2.04. The van der Waals surface area contributed by atoms with Crippen molar-refractivity contribution in [1.29, 1.82) is 0 Å². The normalized spacial score (nSPS) is 12.0. The van der Waals surface area contributed by atoms with Crippen LogP contribution in [0.5, 0.6) is 0 Å². The van der Waals surface area contributed by atoms with Crippen molar-refractivity contribution in [3.05, 3.63) is 24.5 Å². The zero-order valence-corrected chi connectivity index (χ0v) is 12.0. The van der Waals surface area contributed by atoms with Crippen LogP contribution in [-0.4, -0.2) is 29.7 Å². The van der Waals surface area contributed by atoms with Crippen LogP contribution in [0.15, 0.2) is 18.7 Å². The number of nitrogens with zero attached hydrogens (tertiary/aromatic N) is 6. The third kappa shape index (κ3) is 2.67. The van der Waals surface area contributed by atoms with E-state index in [1.165, 1.54) is 6.33 Å². The quantitative estimate of drug-likeness (QED) is 0.794. The van der Waals surface area contributed by atoms with E-state index in [-0.39, 0.29) is 5.82 Å². The number of aryl methyl sites for hydroxylation is 1. The Morgan fingerprint density at radius 1 is 1.13 bits per heavy atom. The van der Waals surface area contributed by atoms with Crippen LogP contribution in [0.25, 0.3) is 22.3 Å². The second-order valence-corrected chi connectivity index (χ2v) is 4.82. The summed E-state index contributed by atoms with van der Waals surface area (Å²) in [5.74, 6) is -1.00. The smallest absolute Gasteiger partial charge is 0.383 e. The number of rotatable bonds is 3. The summed E-state index contributed by atoms with van der Waals surface area (Å²) in [6, 6.07) is 0. The average molecular weight is 323 g/mol. The molecule has 0 aromatic carbocycles. The minimum Gasteiger partial charge on any atom is -0.383 e. The number of hydrogen-bond donors (Lipinski definition) is 1. The van der Waals surface area contributed by atoms with Gasteiger partial charge in [-0.15, -0.1) is 0 Å². The fourth-order valence-corrected chi connectivity index (χ4v) is 2.20. The Morgan fingerprint density at radius 2 is 1.83 bits per heavy atom. The summed E-state index contributed by atoms with van der Waals surface area (Å²) in [5, 5.41) is 4.85. The van der Waals surface area contributed by atoms with Crippen molar-refractivity contribution in [3.63, 3.8) is 0 Å². The van der Waals surface area contributed by atoms with Gasteiger partial charge in [0.05, 0.1) is 5.39 Å². The Morgan fingerprint density at radius 3 is 2.43 bits per heavy atom. The molecule has 0 aliphatic heterocycles. The summed E-state index contributed by atoms with van der Waals surface area (Å²) >= 11 is 0. The number of alkyl halides is 3. The van der Waals surface area contributed by atoms with Crippen LogP contribution in [0.2, 0.25) is 0 Å². The third-order valence-corrected chi connectivity index (χ3v) is 3.17. The van der Waals surface area contributed by atoms with Gasteiger partial charge in [0.1, 0.15) is 17.8 Å². The van der Waals surface area contributed by atoms with Crippen molar-refractivity contribution in [3.8, 4) is 11.3 Å². The molecule has 3 aromatic rings. The van der Waals surface area contributed by atoms with E-state index in [0.29, 0.717) is 28.8 Å². The molecular weight excluding hydrogens is 311 g/mol. The van der Waals surface area contributed by atoms with E-state index in [1.54, 1.807) is 4.68 Å². The summed E-state index contributed by atoms with van der Waals surface area (Å²) in [4.78, 5) is 14.8. The predicted octanol–water partition coefficient (Wildman–Crippen LogP) is 2.29. The lowest BCUT2D eigenvalue weighted by molar-refractivity contribution is -0.144. The number of nitrogens with two attached hydrogens (primary N) is 1. The van der Waals surface area contributed by atoms with Crippen LogP contribution in [0, 0.1) is 0 Å². The van der Waals surface area contributed by atoms with Gasteiger partial charge in [-0.3, -0.25) is 0 Å². The van der Waals surface area contributed by atoms with Gasteiger partial charge < -0.3 is 5.73 Å². The molecule has 0 bridgehead atoms. The Bertz CT molecular complexity index is 839. The fraction of sp³-hybridized carbons (Fsp3) is 0.308. The standard InChI is InChI=1S/C13H12F3N7/c1-2-3-23-11-8(10(17)20-6-21-11)9(22-23)7-4-18-12(19-5-7)13(14,15)16/h4-6H,2-3H2,1H3,(H2,17,20,21). The van der Waals surface area contributed by atoms with E-state index in [0.717, 1.165) is 18.8 Å². The number of anilines is 1. The summed E-state index contributed by atoms with van der Waals surface area (Å²) in [6.07, 6.45) is -0.326. The highest BCUT2D eigenvalue weighted by atomic mass is 19.4. The molecule has 0 atom stereocenters. The Kier molecular flexibility index (Phi) is 3.58. The van der Waals surface area contributed by atoms with Crippen LogP contribution in [0.3, 0.4) is 0 Å². The number of nitrogen functional groups attached to an aromatic ring is 1. The van der Waals surface area contributed by atoms with Crippen molar-refractivity contribution in [1.82, 2.24) is 29.7 Å². The van der Waals surface area contributed by atoms with E-state index in [1.807, 2.05) is 6.92 Å². The molecule has 3 aromatic heterocycles. The topological polar surface area (TPSA) is 95.4 Å². The van der Waals surface area contributed by atoms with Crippen LogP contribution in [0.1, 0.15) is 19.2 Å². The minimum atomic E-state index is -4.59. The number of aromatic nitrogens is 6. The van der Waals surface area contributed by atoms with Crippen molar-refractivity contribution < 1.29 is 13.2 Å². The van der Waals surface area contributed by atoms with Crippen molar-refractivity contribution in [2.75, 3.05) is 5.73 Å². The molecule has 0 unspecified atom stereocenters. The van der Waals surface area contributed by atoms with E-state index in [9.17, 15) is 13.2 Å². The van der Waals surface area contributed by atoms with Crippen LogP contribution >= 0.6 is 0 Å². The number of halogens is 3. The lowest BCUT2D eigenvalue weighted by Crippen LogP contribution is -2.10. The molecule has 23 heavy (non-hydrogen) atoms. The maximum absolute atomic E-state index is 12.6. The van der Waals surface area contributed by atoms with Gasteiger partial charge in [-0.25, -0.2) is 24.6 Å². The molecule has 0 aliphatic rings. The van der Waals surface area contributed by atoms with Gasteiger partial charge in [0.25, 0.3) is 0 Å². The molecule has 10 heteroatoms. The molecule has 2 N–H and O–H groups in total. The molecule has 3 rings (SSSR count). The van der Waals surface area contributed by atoms with E-state index < -0.39 is 12.0 Å². The van der Waals surface area contributed by atoms with Gasteiger partial charge in [0.15, 0.2) is 5.65 Å². The van der Waals surface area contributed by atoms with Gasteiger partial charge >= 0.3 is 6.18 Å². The molecule has 3 heterocycles. The first-order valence-corrected chi connectivity index (χ1v) is 6.78. The van der Waals surface area contributed by atoms with Crippen molar-refractivity contribution >= 4 is 16.9 Å². The zero-order chi connectivity index (χ0) is 16.6. The van der Waals surface area contributed by atoms with Gasteiger partial charge in [-0.2, -0.15) is 18.3 Å². The van der Waals surface area contributed by atoms with Gasteiger partial charge in [0.2, 0.25) is 5.82 Å². The van der Waals surface area contributed by atoms with Gasteiger partial charge in [-0.1, -0.05) is 6.92 Å². The fourth-order valence-electron chi connectivity index (χ4n) is 2.20. The number of fused-ring (bicyclic) bond motifs is 1. The SMILES string of the molecule is CCCn1nc(-c2cnc(C(F)(F)F)nc2)c2c(N)ncnc21.